The fourth-order valence-electron chi connectivity index (χ4n) is 1.93. The van der Waals surface area contributed by atoms with Crippen LogP contribution in [0.25, 0.3) is 0 Å². The molecule has 0 radical (unpaired) electrons. The van der Waals surface area contributed by atoms with Crippen molar-refractivity contribution >= 4 is 29.5 Å². The quantitative estimate of drug-likeness (QED) is 0.470. The molecule has 1 aromatic heterocycles. The summed E-state index contributed by atoms with van der Waals surface area (Å²) in [6.07, 6.45) is 1.46. The molecule has 2 heterocycles. The summed E-state index contributed by atoms with van der Waals surface area (Å²) in [5.41, 5.74) is 0.845. The number of fused-ring (bicyclic) bond motifs is 1. The highest BCUT2D eigenvalue weighted by Gasteiger charge is 2.25. The number of hydrogen-bond acceptors (Lipinski definition) is 6. The minimum atomic E-state index is -0.319. The number of thioether (sulfide) groups is 2. The van der Waals surface area contributed by atoms with Gasteiger partial charge in [-0.05, 0) is 13.3 Å². The first-order valence-electron chi connectivity index (χ1n) is 6.64. The van der Waals surface area contributed by atoms with Crippen molar-refractivity contribution in [2.24, 2.45) is 7.05 Å². The maximum Gasteiger partial charge on any atom is 0.319 e. The number of nitrogens with zero attached hydrogens (tertiary/aromatic N) is 2. The molecule has 1 aliphatic rings. The zero-order valence-corrected chi connectivity index (χ0v) is 13.5. The number of carbonyl (C=O) groups excluding carboxylic acids is 1. The molecule has 0 N–H and O–H groups in total. The van der Waals surface area contributed by atoms with Crippen molar-refractivity contribution in [2.75, 3.05) is 12.4 Å². The van der Waals surface area contributed by atoms with Crippen LogP contribution in [0.3, 0.4) is 0 Å². The molecule has 110 valence electrons. The van der Waals surface area contributed by atoms with E-state index < -0.39 is 0 Å². The third-order valence-electron chi connectivity index (χ3n) is 3.03. The van der Waals surface area contributed by atoms with Crippen molar-refractivity contribution in [1.82, 2.24) is 9.55 Å². The molecular formula is C13H18N2O3S2. The van der Waals surface area contributed by atoms with E-state index in [2.05, 4.69) is 4.98 Å². The summed E-state index contributed by atoms with van der Waals surface area (Å²) < 4.78 is 6.58. The van der Waals surface area contributed by atoms with Gasteiger partial charge in [-0.15, -0.1) is 11.8 Å². The Kier molecular flexibility index (Phi) is 5.15. The maximum atomic E-state index is 12.2. The minimum Gasteiger partial charge on any atom is -0.465 e. The van der Waals surface area contributed by atoms with Crippen LogP contribution >= 0.6 is 23.5 Å². The predicted octanol–water partition coefficient (Wildman–Crippen LogP) is 1.86. The largest absolute Gasteiger partial charge is 0.465 e. The van der Waals surface area contributed by atoms with E-state index in [1.165, 1.54) is 16.3 Å². The molecule has 1 aromatic rings. The van der Waals surface area contributed by atoms with Crippen molar-refractivity contribution in [2.45, 2.75) is 42.0 Å². The number of hydrogen-bond donors (Lipinski definition) is 0. The number of esters is 1. The second kappa shape index (κ2) is 6.67. The van der Waals surface area contributed by atoms with E-state index in [0.29, 0.717) is 18.2 Å². The Morgan fingerprint density at radius 2 is 2.30 bits per heavy atom. The number of ether oxygens (including phenoxy) is 1. The lowest BCUT2D eigenvalue weighted by molar-refractivity contribution is -0.142. The lowest BCUT2D eigenvalue weighted by Gasteiger charge is -2.15. The van der Waals surface area contributed by atoms with Crippen molar-refractivity contribution in [3.05, 3.63) is 16.0 Å². The summed E-state index contributed by atoms with van der Waals surface area (Å²) in [4.78, 5) is 29.4. The molecule has 20 heavy (non-hydrogen) atoms. The molecule has 1 atom stereocenters. The summed E-state index contributed by atoms with van der Waals surface area (Å²) in [7, 11) is 1.70. The van der Waals surface area contributed by atoms with E-state index in [9.17, 15) is 9.59 Å². The lowest BCUT2D eigenvalue weighted by Crippen LogP contribution is -2.25. The van der Waals surface area contributed by atoms with Crippen LogP contribution in [0, 0.1) is 0 Å². The van der Waals surface area contributed by atoms with Crippen LogP contribution in [0.2, 0.25) is 0 Å². The van der Waals surface area contributed by atoms with Gasteiger partial charge < -0.3 is 4.74 Å². The van der Waals surface area contributed by atoms with E-state index in [1.807, 2.05) is 6.92 Å². The zero-order chi connectivity index (χ0) is 14.7. The Morgan fingerprint density at radius 3 is 2.95 bits per heavy atom. The Hall–Kier alpha value is -0.950. The Balaban J connectivity index is 2.27. The maximum absolute atomic E-state index is 12.2. The minimum absolute atomic E-state index is 0.0151. The molecule has 2 rings (SSSR count). The van der Waals surface area contributed by atoms with Gasteiger partial charge in [0, 0.05) is 19.2 Å². The van der Waals surface area contributed by atoms with Gasteiger partial charge in [-0.3, -0.25) is 14.2 Å². The van der Waals surface area contributed by atoms with Crippen LogP contribution < -0.4 is 5.56 Å². The van der Waals surface area contributed by atoms with Crippen molar-refractivity contribution < 1.29 is 9.53 Å². The fraction of sp³-hybridized carbons (Fsp3) is 0.615. The van der Waals surface area contributed by atoms with E-state index in [4.69, 9.17) is 4.74 Å². The summed E-state index contributed by atoms with van der Waals surface area (Å²) in [6.45, 7) is 4.08. The molecule has 0 amide bonds. The molecule has 5 nitrogen and oxygen atoms in total. The highest BCUT2D eigenvalue weighted by molar-refractivity contribution is 8.00. The van der Waals surface area contributed by atoms with Crippen LogP contribution in [0.15, 0.2) is 14.8 Å². The Bertz CT molecular complexity index is 571. The first-order chi connectivity index (χ1) is 9.58. The highest BCUT2D eigenvalue weighted by Crippen LogP contribution is 2.30. The van der Waals surface area contributed by atoms with Gasteiger partial charge in [-0.1, -0.05) is 18.7 Å². The molecule has 0 unspecified atom stereocenters. The second-order valence-corrected chi connectivity index (χ2v) is 6.67. The average molecular weight is 314 g/mol. The molecule has 0 aromatic carbocycles. The van der Waals surface area contributed by atoms with Crippen LogP contribution in [0.5, 0.6) is 0 Å². The fourth-order valence-corrected chi connectivity index (χ4v) is 4.00. The predicted molar refractivity (Wildman–Crippen MR) is 80.5 cm³/mol. The highest BCUT2D eigenvalue weighted by atomic mass is 32.2. The van der Waals surface area contributed by atoms with E-state index >= 15 is 0 Å². The van der Waals surface area contributed by atoms with Gasteiger partial charge in [0.2, 0.25) is 0 Å². The van der Waals surface area contributed by atoms with Crippen LogP contribution in [0.4, 0.5) is 0 Å². The van der Waals surface area contributed by atoms with Crippen LogP contribution in [0.1, 0.15) is 26.0 Å². The molecule has 0 fully saturated rings. The van der Waals surface area contributed by atoms with Crippen molar-refractivity contribution in [3.63, 3.8) is 0 Å². The van der Waals surface area contributed by atoms with Crippen LogP contribution in [-0.2, 0) is 23.0 Å². The monoisotopic (exact) mass is 314 g/mol. The third-order valence-corrected chi connectivity index (χ3v) is 5.53. The zero-order valence-electron chi connectivity index (χ0n) is 11.8. The van der Waals surface area contributed by atoms with Gasteiger partial charge in [0.25, 0.3) is 5.56 Å². The van der Waals surface area contributed by atoms with Gasteiger partial charge in [-0.2, -0.15) is 0 Å². The smallest absolute Gasteiger partial charge is 0.319 e. The topological polar surface area (TPSA) is 61.2 Å². The van der Waals surface area contributed by atoms with Crippen molar-refractivity contribution in [1.29, 1.82) is 0 Å². The number of aryl methyl sites for hydroxylation is 1. The van der Waals surface area contributed by atoms with Gasteiger partial charge >= 0.3 is 5.97 Å². The molecule has 0 spiro atoms. The molecule has 1 aliphatic heterocycles. The number of rotatable bonds is 5. The van der Waals surface area contributed by atoms with Crippen molar-refractivity contribution in [3.8, 4) is 0 Å². The summed E-state index contributed by atoms with van der Waals surface area (Å²) in [5.74, 6) is 0.657. The van der Waals surface area contributed by atoms with E-state index in [0.717, 1.165) is 22.8 Å². The molecular weight excluding hydrogens is 296 g/mol. The normalized spacial score (nSPS) is 14.9. The summed E-state index contributed by atoms with van der Waals surface area (Å²) >= 11 is 2.87. The summed E-state index contributed by atoms with van der Waals surface area (Å²) in [6, 6.07) is 0. The molecule has 0 saturated heterocycles. The second-order valence-electron chi connectivity index (χ2n) is 4.40. The number of aromatic nitrogens is 2. The molecule has 7 heteroatoms. The Labute approximate surface area is 126 Å². The van der Waals surface area contributed by atoms with Gasteiger partial charge in [0.1, 0.15) is 5.25 Å². The van der Waals surface area contributed by atoms with Crippen LogP contribution in [-0.4, -0.2) is 33.1 Å². The van der Waals surface area contributed by atoms with Gasteiger partial charge in [0.15, 0.2) is 5.16 Å². The van der Waals surface area contributed by atoms with E-state index in [1.54, 1.807) is 25.7 Å². The summed E-state index contributed by atoms with van der Waals surface area (Å²) in [5, 5.41) is 0.274. The standard InChI is InChI=1S/C13H18N2O3S2/c1-4-9(12(17)18-5-2)20-13-14-8-6-7-19-10(8)11(16)15(13)3/h9H,4-7H2,1-3H3/t9-/m0/s1. The average Bonchev–Trinajstić information content (AvgIpc) is 2.89. The molecule has 0 aliphatic carbocycles. The van der Waals surface area contributed by atoms with E-state index in [-0.39, 0.29) is 16.8 Å². The molecule has 0 saturated carbocycles. The third kappa shape index (κ3) is 3.03. The first-order valence-corrected chi connectivity index (χ1v) is 8.51. The molecule has 0 bridgehead atoms. The Morgan fingerprint density at radius 1 is 1.55 bits per heavy atom. The van der Waals surface area contributed by atoms with Gasteiger partial charge in [0.05, 0.1) is 17.2 Å². The number of carbonyl (C=O) groups is 1. The first kappa shape index (κ1) is 15.4. The SMILES string of the molecule is CCOC(=O)[C@H](CC)Sc1nc2c(c(=O)n1C)SCC2. The lowest BCUT2D eigenvalue weighted by atomic mass is 10.3. The van der Waals surface area contributed by atoms with Gasteiger partial charge in [-0.25, -0.2) is 4.98 Å².